The highest BCUT2D eigenvalue weighted by Crippen LogP contribution is 2.12. The maximum Gasteiger partial charge on any atom is 0.0928 e. The van der Waals surface area contributed by atoms with E-state index in [9.17, 15) is 0 Å². The van der Waals surface area contributed by atoms with Crippen LogP contribution in [0.2, 0.25) is 0 Å². The summed E-state index contributed by atoms with van der Waals surface area (Å²) >= 11 is 0. The van der Waals surface area contributed by atoms with Crippen molar-refractivity contribution in [1.82, 2.24) is 10.6 Å². The number of likely N-dealkylation sites (N-methyl/N-ethyl adjacent to an activating group) is 1. The van der Waals surface area contributed by atoms with Gasteiger partial charge in [-0.3, -0.25) is 0 Å². The van der Waals surface area contributed by atoms with E-state index in [1.54, 1.807) is 14.2 Å². The second-order valence-corrected chi connectivity index (χ2v) is 4.43. The quantitative estimate of drug-likeness (QED) is 0.593. The lowest BCUT2D eigenvalue weighted by Gasteiger charge is -2.20. The van der Waals surface area contributed by atoms with Crippen LogP contribution in [-0.2, 0) is 14.2 Å². The SMILES string of the molecule is CCNC1COCC1CNCC(COC)OC. The summed E-state index contributed by atoms with van der Waals surface area (Å²) in [6, 6.07) is 0.482. The lowest BCUT2D eigenvalue weighted by Crippen LogP contribution is -2.42. The number of methoxy groups -OCH3 is 2. The van der Waals surface area contributed by atoms with Crippen molar-refractivity contribution in [2.24, 2.45) is 5.92 Å². The minimum atomic E-state index is 0.125. The Morgan fingerprint density at radius 1 is 1.35 bits per heavy atom. The molecule has 0 bridgehead atoms. The van der Waals surface area contributed by atoms with Crippen LogP contribution >= 0.6 is 0 Å². The third-order valence-corrected chi connectivity index (χ3v) is 3.13. The van der Waals surface area contributed by atoms with Crippen LogP contribution in [0.5, 0.6) is 0 Å². The molecular formula is C12H26N2O3. The molecule has 1 fully saturated rings. The van der Waals surface area contributed by atoms with Gasteiger partial charge in [0.1, 0.15) is 0 Å². The summed E-state index contributed by atoms with van der Waals surface area (Å²) in [5.74, 6) is 0.551. The summed E-state index contributed by atoms with van der Waals surface area (Å²) in [6.45, 7) is 7.19. The molecular weight excluding hydrogens is 220 g/mol. The number of nitrogens with one attached hydrogen (secondary N) is 2. The van der Waals surface area contributed by atoms with Crippen LogP contribution in [0.3, 0.4) is 0 Å². The van der Waals surface area contributed by atoms with Crippen LogP contribution in [0.25, 0.3) is 0 Å². The van der Waals surface area contributed by atoms with Gasteiger partial charge in [-0.2, -0.15) is 0 Å². The Balaban J connectivity index is 2.16. The molecule has 5 heteroatoms. The first-order valence-corrected chi connectivity index (χ1v) is 6.35. The van der Waals surface area contributed by atoms with Gasteiger partial charge >= 0.3 is 0 Å². The molecule has 1 saturated heterocycles. The fraction of sp³-hybridized carbons (Fsp3) is 1.00. The molecule has 5 nitrogen and oxygen atoms in total. The average molecular weight is 246 g/mol. The zero-order chi connectivity index (χ0) is 12.5. The summed E-state index contributed by atoms with van der Waals surface area (Å²) < 4.78 is 15.9. The molecule has 0 aromatic heterocycles. The van der Waals surface area contributed by atoms with E-state index >= 15 is 0 Å². The van der Waals surface area contributed by atoms with E-state index < -0.39 is 0 Å². The van der Waals surface area contributed by atoms with E-state index in [4.69, 9.17) is 14.2 Å². The Morgan fingerprint density at radius 3 is 2.82 bits per heavy atom. The van der Waals surface area contributed by atoms with Crippen molar-refractivity contribution >= 4 is 0 Å². The summed E-state index contributed by atoms with van der Waals surface area (Å²) in [5.41, 5.74) is 0. The highest BCUT2D eigenvalue weighted by Gasteiger charge is 2.26. The molecule has 1 rings (SSSR count). The molecule has 0 aromatic rings. The molecule has 1 aliphatic rings. The summed E-state index contributed by atoms with van der Waals surface area (Å²) in [5, 5.41) is 6.88. The van der Waals surface area contributed by atoms with Crippen molar-refractivity contribution in [2.45, 2.75) is 19.1 Å². The van der Waals surface area contributed by atoms with Crippen molar-refractivity contribution in [2.75, 3.05) is 53.7 Å². The predicted molar refractivity (Wildman–Crippen MR) is 67.3 cm³/mol. The minimum Gasteiger partial charge on any atom is -0.382 e. The Labute approximate surface area is 104 Å². The lowest BCUT2D eigenvalue weighted by molar-refractivity contribution is 0.0283. The monoisotopic (exact) mass is 246 g/mol. The van der Waals surface area contributed by atoms with Crippen LogP contribution in [0.15, 0.2) is 0 Å². The van der Waals surface area contributed by atoms with Crippen LogP contribution in [0.1, 0.15) is 6.92 Å². The van der Waals surface area contributed by atoms with Crippen molar-refractivity contribution in [3.63, 3.8) is 0 Å². The third-order valence-electron chi connectivity index (χ3n) is 3.13. The third kappa shape index (κ3) is 5.31. The molecule has 102 valence electrons. The molecule has 0 spiro atoms. The molecule has 3 atom stereocenters. The highest BCUT2D eigenvalue weighted by molar-refractivity contribution is 4.82. The van der Waals surface area contributed by atoms with Gasteiger partial charge < -0.3 is 24.8 Å². The lowest BCUT2D eigenvalue weighted by atomic mass is 10.0. The van der Waals surface area contributed by atoms with Crippen LogP contribution in [0, 0.1) is 5.92 Å². The smallest absolute Gasteiger partial charge is 0.0928 e. The molecule has 1 heterocycles. The Bertz CT molecular complexity index is 193. The Morgan fingerprint density at radius 2 is 2.18 bits per heavy atom. The van der Waals surface area contributed by atoms with E-state index in [1.807, 2.05) is 0 Å². The molecule has 0 aliphatic carbocycles. The van der Waals surface area contributed by atoms with Gasteiger partial charge in [0, 0.05) is 39.3 Å². The molecule has 1 aliphatic heterocycles. The normalized spacial score (nSPS) is 26.3. The van der Waals surface area contributed by atoms with E-state index in [1.165, 1.54) is 0 Å². The fourth-order valence-corrected chi connectivity index (χ4v) is 2.11. The van der Waals surface area contributed by atoms with Gasteiger partial charge in [-0.1, -0.05) is 6.92 Å². The standard InChI is InChI=1S/C12H26N2O3/c1-4-14-12-9-17-7-10(12)5-13-6-11(16-3)8-15-2/h10-14H,4-9H2,1-3H3. The molecule has 0 radical (unpaired) electrons. The van der Waals surface area contributed by atoms with Gasteiger partial charge in [-0.25, -0.2) is 0 Å². The first kappa shape index (κ1) is 14.9. The van der Waals surface area contributed by atoms with Gasteiger partial charge in [0.05, 0.1) is 25.9 Å². The first-order valence-electron chi connectivity index (χ1n) is 6.35. The van der Waals surface area contributed by atoms with Crippen molar-refractivity contribution in [3.05, 3.63) is 0 Å². The van der Waals surface area contributed by atoms with Gasteiger partial charge in [0.15, 0.2) is 0 Å². The molecule has 2 N–H and O–H groups in total. The van der Waals surface area contributed by atoms with Gasteiger partial charge in [-0.15, -0.1) is 0 Å². The summed E-state index contributed by atoms with van der Waals surface area (Å²) in [4.78, 5) is 0. The second kappa shape index (κ2) is 8.83. The van der Waals surface area contributed by atoms with E-state index in [2.05, 4.69) is 17.6 Å². The predicted octanol–water partition coefficient (Wildman–Crippen LogP) is -0.138. The zero-order valence-electron chi connectivity index (χ0n) is 11.2. The van der Waals surface area contributed by atoms with Crippen LogP contribution in [-0.4, -0.2) is 65.8 Å². The van der Waals surface area contributed by atoms with E-state index in [0.717, 1.165) is 32.8 Å². The van der Waals surface area contributed by atoms with Crippen molar-refractivity contribution in [1.29, 1.82) is 0 Å². The van der Waals surface area contributed by atoms with Gasteiger partial charge in [0.25, 0.3) is 0 Å². The average Bonchev–Trinajstić information content (AvgIpc) is 2.76. The van der Waals surface area contributed by atoms with Crippen LogP contribution in [0.4, 0.5) is 0 Å². The molecule has 17 heavy (non-hydrogen) atoms. The van der Waals surface area contributed by atoms with E-state index in [-0.39, 0.29) is 6.10 Å². The maximum atomic E-state index is 5.50. The number of hydrogen-bond acceptors (Lipinski definition) is 5. The highest BCUT2D eigenvalue weighted by atomic mass is 16.5. The Kier molecular flexibility index (Phi) is 7.72. The second-order valence-electron chi connectivity index (χ2n) is 4.43. The number of hydrogen-bond donors (Lipinski definition) is 2. The summed E-state index contributed by atoms with van der Waals surface area (Å²) in [6.07, 6.45) is 0.125. The maximum absolute atomic E-state index is 5.50. The van der Waals surface area contributed by atoms with Gasteiger partial charge in [-0.05, 0) is 6.54 Å². The Hall–Kier alpha value is -0.200. The number of rotatable bonds is 9. The van der Waals surface area contributed by atoms with Crippen molar-refractivity contribution < 1.29 is 14.2 Å². The topological polar surface area (TPSA) is 51.8 Å². The molecule has 0 amide bonds. The molecule has 0 aromatic carbocycles. The largest absolute Gasteiger partial charge is 0.382 e. The van der Waals surface area contributed by atoms with E-state index in [0.29, 0.717) is 18.6 Å². The summed E-state index contributed by atoms with van der Waals surface area (Å²) in [7, 11) is 3.41. The van der Waals surface area contributed by atoms with Crippen molar-refractivity contribution in [3.8, 4) is 0 Å². The molecule has 3 unspecified atom stereocenters. The van der Waals surface area contributed by atoms with Gasteiger partial charge in [0.2, 0.25) is 0 Å². The zero-order valence-corrected chi connectivity index (χ0v) is 11.2. The van der Waals surface area contributed by atoms with Crippen LogP contribution < -0.4 is 10.6 Å². The number of ether oxygens (including phenoxy) is 3. The first-order chi connectivity index (χ1) is 8.31. The molecule has 0 saturated carbocycles. The fourth-order valence-electron chi connectivity index (χ4n) is 2.11. The minimum absolute atomic E-state index is 0.125.